The fourth-order valence-electron chi connectivity index (χ4n) is 2.45. The first-order valence-corrected chi connectivity index (χ1v) is 8.02. The molecular formula is C20H18FN3O. The molecule has 1 heterocycles. The maximum absolute atomic E-state index is 13.3. The van der Waals surface area contributed by atoms with Gasteiger partial charge in [-0.3, -0.25) is 4.79 Å². The van der Waals surface area contributed by atoms with E-state index in [1.165, 1.54) is 12.1 Å². The van der Waals surface area contributed by atoms with Crippen molar-refractivity contribution in [2.45, 2.75) is 6.42 Å². The van der Waals surface area contributed by atoms with E-state index in [1.807, 2.05) is 30.3 Å². The Morgan fingerprint density at radius 1 is 1.00 bits per heavy atom. The minimum atomic E-state index is -0.352. The molecule has 4 nitrogen and oxygen atoms in total. The maximum atomic E-state index is 13.3. The second-order valence-corrected chi connectivity index (χ2v) is 5.53. The maximum Gasteiger partial charge on any atom is 0.255 e. The first kappa shape index (κ1) is 16.6. The zero-order valence-corrected chi connectivity index (χ0v) is 13.6. The third-order valence-corrected chi connectivity index (χ3v) is 3.68. The highest BCUT2D eigenvalue weighted by Gasteiger charge is 2.12. The molecule has 1 aromatic heterocycles. The molecule has 0 unspecified atom stereocenters. The number of carbonyl (C=O) groups excluding carboxylic acids is 1. The number of rotatable bonds is 6. The summed E-state index contributed by atoms with van der Waals surface area (Å²) in [7, 11) is 0. The van der Waals surface area contributed by atoms with Gasteiger partial charge in [0.1, 0.15) is 11.6 Å². The van der Waals surface area contributed by atoms with Gasteiger partial charge in [0.15, 0.2) is 0 Å². The molecule has 0 fully saturated rings. The quantitative estimate of drug-likeness (QED) is 0.717. The van der Waals surface area contributed by atoms with Gasteiger partial charge < -0.3 is 10.6 Å². The van der Waals surface area contributed by atoms with Crippen LogP contribution in [-0.4, -0.2) is 17.4 Å². The van der Waals surface area contributed by atoms with Crippen molar-refractivity contribution in [2.24, 2.45) is 0 Å². The van der Waals surface area contributed by atoms with Crippen molar-refractivity contribution in [1.29, 1.82) is 0 Å². The standard InChI is InChI=1S/C20H18FN3O/c21-16-8-4-9-17(14-16)24-19-18(10-5-12-22-19)20(25)23-13-11-15-6-2-1-3-7-15/h1-10,12,14H,11,13H2,(H,22,24)(H,23,25). The molecule has 0 bridgehead atoms. The number of benzene rings is 2. The van der Waals surface area contributed by atoms with Crippen molar-refractivity contribution >= 4 is 17.4 Å². The van der Waals surface area contributed by atoms with E-state index in [4.69, 9.17) is 0 Å². The van der Waals surface area contributed by atoms with E-state index in [1.54, 1.807) is 30.5 Å². The fraction of sp³-hybridized carbons (Fsp3) is 0.100. The third kappa shape index (κ3) is 4.64. The average molecular weight is 335 g/mol. The number of carbonyl (C=O) groups is 1. The van der Waals surface area contributed by atoms with Crippen LogP contribution in [0, 0.1) is 5.82 Å². The summed E-state index contributed by atoms with van der Waals surface area (Å²) in [5, 5.41) is 5.88. The van der Waals surface area contributed by atoms with Crippen LogP contribution in [-0.2, 0) is 6.42 Å². The molecule has 2 N–H and O–H groups in total. The fourth-order valence-corrected chi connectivity index (χ4v) is 2.45. The van der Waals surface area contributed by atoms with Gasteiger partial charge >= 0.3 is 0 Å². The van der Waals surface area contributed by atoms with Crippen LogP contribution >= 0.6 is 0 Å². The van der Waals surface area contributed by atoms with Crippen LogP contribution in [0.25, 0.3) is 0 Å². The molecule has 1 amide bonds. The summed E-state index contributed by atoms with van der Waals surface area (Å²) in [6.07, 6.45) is 2.34. The summed E-state index contributed by atoms with van der Waals surface area (Å²) in [6.45, 7) is 0.525. The van der Waals surface area contributed by atoms with Crippen molar-refractivity contribution in [3.8, 4) is 0 Å². The zero-order chi connectivity index (χ0) is 17.5. The number of pyridine rings is 1. The Labute approximate surface area is 145 Å². The predicted octanol–water partition coefficient (Wildman–Crippen LogP) is 3.94. The molecule has 0 saturated carbocycles. The highest BCUT2D eigenvalue weighted by atomic mass is 19.1. The third-order valence-electron chi connectivity index (χ3n) is 3.68. The average Bonchev–Trinajstić information content (AvgIpc) is 2.63. The molecule has 0 atom stereocenters. The van der Waals surface area contributed by atoms with E-state index in [0.717, 1.165) is 12.0 Å². The lowest BCUT2D eigenvalue weighted by atomic mass is 10.1. The summed E-state index contributed by atoms with van der Waals surface area (Å²) in [6, 6.07) is 19.4. The molecule has 0 aliphatic heterocycles. The lowest BCUT2D eigenvalue weighted by Gasteiger charge is -2.11. The summed E-state index contributed by atoms with van der Waals surface area (Å²) in [4.78, 5) is 16.6. The molecule has 3 aromatic rings. The van der Waals surface area contributed by atoms with Gasteiger partial charge in [-0.2, -0.15) is 0 Å². The van der Waals surface area contributed by atoms with Gasteiger partial charge in [-0.05, 0) is 42.3 Å². The lowest BCUT2D eigenvalue weighted by molar-refractivity contribution is 0.0954. The van der Waals surface area contributed by atoms with Crippen LogP contribution in [0.15, 0.2) is 72.9 Å². The second-order valence-electron chi connectivity index (χ2n) is 5.53. The molecule has 5 heteroatoms. The van der Waals surface area contributed by atoms with E-state index in [0.29, 0.717) is 23.6 Å². The molecule has 126 valence electrons. The largest absolute Gasteiger partial charge is 0.352 e. The predicted molar refractivity (Wildman–Crippen MR) is 96.4 cm³/mol. The van der Waals surface area contributed by atoms with Gasteiger partial charge in [-0.15, -0.1) is 0 Å². The molecular weight excluding hydrogens is 317 g/mol. The highest BCUT2D eigenvalue weighted by Crippen LogP contribution is 2.19. The first-order chi connectivity index (χ1) is 12.2. The Kier molecular flexibility index (Phi) is 5.36. The minimum Gasteiger partial charge on any atom is -0.352 e. The van der Waals surface area contributed by atoms with E-state index < -0.39 is 0 Å². The molecule has 2 aromatic carbocycles. The Balaban J connectivity index is 1.66. The van der Waals surface area contributed by atoms with Crippen LogP contribution in [0.2, 0.25) is 0 Å². The van der Waals surface area contributed by atoms with Crippen molar-refractivity contribution in [1.82, 2.24) is 10.3 Å². The van der Waals surface area contributed by atoms with Crippen molar-refractivity contribution < 1.29 is 9.18 Å². The molecule has 0 aliphatic carbocycles. The molecule has 25 heavy (non-hydrogen) atoms. The van der Waals surface area contributed by atoms with E-state index in [-0.39, 0.29) is 11.7 Å². The number of hydrogen-bond acceptors (Lipinski definition) is 3. The zero-order valence-electron chi connectivity index (χ0n) is 13.6. The van der Waals surface area contributed by atoms with Gasteiger partial charge in [0, 0.05) is 18.4 Å². The van der Waals surface area contributed by atoms with E-state index >= 15 is 0 Å². The second kappa shape index (κ2) is 8.06. The summed E-state index contributed by atoms with van der Waals surface area (Å²) >= 11 is 0. The number of halogens is 1. The van der Waals surface area contributed by atoms with Crippen LogP contribution in [0.3, 0.4) is 0 Å². The van der Waals surface area contributed by atoms with Crippen molar-refractivity contribution in [2.75, 3.05) is 11.9 Å². The Hall–Kier alpha value is -3.21. The number of nitrogens with zero attached hydrogens (tertiary/aromatic N) is 1. The van der Waals surface area contributed by atoms with Gasteiger partial charge in [-0.25, -0.2) is 9.37 Å². The summed E-state index contributed by atoms with van der Waals surface area (Å²) in [5.74, 6) is -0.178. The Morgan fingerprint density at radius 3 is 2.64 bits per heavy atom. The van der Waals surface area contributed by atoms with Gasteiger partial charge in [0.25, 0.3) is 5.91 Å². The summed E-state index contributed by atoms with van der Waals surface area (Å²) in [5.41, 5.74) is 2.11. The number of aromatic nitrogens is 1. The molecule has 0 aliphatic rings. The molecule has 0 spiro atoms. The van der Waals surface area contributed by atoms with Crippen molar-refractivity contribution in [3.63, 3.8) is 0 Å². The normalized spacial score (nSPS) is 10.3. The Bertz CT molecular complexity index is 852. The van der Waals surface area contributed by atoms with Crippen molar-refractivity contribution in [3.05, 3.63) is 89.9 Å². The molecule has 0 saturated heterocycles. The first-order valence-electron chi connectivity index (χ1n) is 8.02. The number of hydrogen-bond donors (Lipinski definition) is 2. The number of amides is 1. The van der Waals surface area contributed by atoms with Gasteiger partial charge in [0.2, 0.25) is 0 Å². The number of nitrogens with one attached hydrogen (secondary N) is 2. The van der Waals surface area contributed by atoms with Gasteiger partial charge in [0.05, 0.1) is 5.56 Å². The smallest absolute Gasteiger partial charge is 0.255 e. The van der Waals surface area contributed by atoms with E-state index in [9.17, 15) is 9.18 Å². The monoisotopic (exact) mass is 335 g/mol. The van der Waals surface area contributed by atoms with Crippen LogP contribution in [0.4, 0.5) is 15.9 Å². The van der Waals surface area contributed by atoms with Gasteiger partial charge in [-0.1, -0.05) is 36.4 Å². The molecule has 0 radical (unpaired) electrons. The summed E-state index contributed by atoms with van der Waals surface area (Å²) < 4.78 is 13.3. The van der Waals surface area contributed by atoms with E-state index in [2.05, 4.69) is 15.6 Å². The minimum absolute atomic E-state index is 0.220. The van der Waals surface area contributed by atoms with Crippen LogP contribution < -0.4 is 10.6 Å². The lowest BCUT2D eigenvalue weighted by Crippen LogP contribution is -2.26. The highest BCUT2D eigenvalue weighted by molar-refractivity contribution is 5.99. The number of anilines is 2. The Morgan fingerprint density at radius 2 is 1.84 bits per heavy atom. The SMILES string of the molecule is O=C(NCCc1ccccc1)c1cccnc1Nc1cccc(F)c1. The molecule has 3 rings (SSSR count). The van der Waals surface area contributed by atoms with Crippen LogP contribution in [0.1, 0.15) is 15.9 Å². The topological polar surface area (TPSA) is 54.0 Å². The van der Waals surface area contributed by atoms with Crippen LogP contribution in [0.5, 0.6) is 0 Å².